The van der Waals surface area contributed by atoms with E-state index in [9.17, 15) is 33.9 Å². The first-order valence-corrected chi connectivity index (χ1v) is 20.3. The Morgan fingerprint density at radius 1 is 1.07 bits per heavy atom. The monoisotopic (exact) mass is 782 g/mol. The molecule has 2 N–H and O–H groups in total. The number of hydrazone groups is 1. The lowest BCUT2D eigenvalue weighted by molar-refractivity contribution is -0.167. The average Bonchev–Trinajstić information content (AvgIpc) is 3.02. The SMILES string of the molecule is C/C=C/COC(=O)[C@@H]1[C@@H](O[Si](C)(C)C(C)(C)C)CC=NN1C(=O)[C@@H](COC(=O)[C@@H](N(C)C(=O)CN(C)C(=O)CN=[N+]=[N-])C(C)(C)O)NC(=O)OC(C)(C)C. The van der Waals surface area contributed by atoms with Gasteiger partial charge in [0.25, 0.3) is 5.91 Å². The number of carbonyl (C=O) groups is 6. The normalized spacial score (nSPS) is 17.5. The van der Waals surface area contributed by atoms with Crippen LogP contribution in [0.4, 0.5) is 4.79 Å². The van der Waals surface area contributed by atoms with E-state index in [0.29, 0.717) is 0 Å². The van der Waals surface area contributed by atoms with Crippen LogP contribution in [0, 0.1) is 0 Å². The van der Waals surface area contributed by atoms with E-state index in [1.807, 2.05) is 33.9 Å². The Balaban J connectivity index is 3.55. The number of ether oxygens (including phenoxy) is 3. The number of nitrogens with zero attached hydrogens (tertiary/aromatic N) is 7. The highest BCUT2D eigenvalue weighted by Crippen LogP contribution is 2.39. The molecule has 0 aromatic heterocycles. The summed E-state index contributed by atoms with van der Waals surface area (Å²) in [4.78, 5) is 84.3. The molecule has 20 heteroatoms. The second-order valence-electron chi connectivity index (χ2n) is 15.8. The van der Waals surface area contributed by atoms with Gasteiger partial charge < -0.3 is 38.9 Å². The highest BCUT2D eigenvalue weighted by atomic mass is 28.4. The van der Waals surface area contributed by atoms with Crippen molar-refractivity contribution in [3.05, 3.63) is 22.6 Å². The zero-order valence-electron chi connectivity index (χ0n) is 33.7. The molecule has 0 aliphatic carbocycles. The maximum Gasteiger partial charge on any atom is 0.408 e. The molecular weight excluding hydrogens is 725 g/mol. The van der Waals surface area contributed by atoms with Crippen LogP contribution in [0.15, 0.2) is 22.4 Å². The molecular formula is C34H58N8O11Si. The number of hydrogen-bond donors (Lipinski definition) is 2. The average molecular weight is 783 g/mol. The minimum atomic E-state index is -2.54. The van der Waals surface area contributed by atoms with Crippen LogP contribution in [-0.2, 0) is 42.6 Å². The molecule has 0 aromatic carbocycles. The zero-order chi connectivity index (χ0) is 41.8. The number of rotatable bonds is 16. The van der Waals surface area contributed by atoms with E-state index >= 15 is 0 Å². The van der Waals surface area contributed by atoms with E-state index in [-0.39, 0.29) is 18.1 Å². The number of likely N-dealkylation sites (N-methyl/N-ethyl adjacent to an activating group) is 2. The fourth-order valence-corrected chi connectivity index (χ4v) is 6.07. The molecule has 1 aliphatic heterocycles. The molecule has 0 saturated heterocycles. The van der Waals surface area contributed by atoms with Gasteiger partial charge in [0.05, 0.1) is 18.2 Å². The largest absolute Gasteiger partial charge is 0.461 e. The maximum atomic E-state index is 14.3. The Morgan fingerprint density at radius 2 is 1.69 bits per heavy atom. The molecule has 1 aliphatic rings. The van der Waals surface area contributed by atoms with Crippen molar-refractivity contribution in [2.45, 2.75) is 122 Å². The molecule has 4 amide bonds. The lowest BCUT2D eigenvalue weighted by Gasteiger charge is -2.43. The van der Waals surface area contributed by atoms with Crippen molar-refractivity contribution in [2.24, 2.45) is 10.2 Å². The third kappa shape index (κ3) is 14.4. The summed E-state index contributed by atoms with van der Waals surface area (Å²) in [6, 6.07) is -4.77. The number of amides is 4. The predicted molar refractivity (Wildman–Crippen MR) is 200 cm³/mol. The fraction of sp³-hybridized carbons (Fsp3) is 0.735. The molecule has 0 aromatic rings. The summed E-state index contributed by atoms with van der Waals surface area (Å²) in [5, 5.41) is 21.3. The molecule has 1 heterocycles. The fourth-order valence-electron chi connectivity index (χ4n) is 4.73. The minimum Gasteiger partial charge on any atom is -0.461 e. The number of azide groups is 1. The van der Waals surface area contributed by atoms with Crippen LogP contribution in [0.3, 0.4) is 0 Å². The van der Waals surface area contributed by atoms with Crippen LogP contribution in [0.5, 0.6) is 0 Å². The molecule has 0 fully saturated rings. The molecule has 19 nitrogen and oxygen atoms in total. The van der Waals surface area contributed by atoms with Crippen molar-refractivity contribution in [1.29, 1.82) is 0 Å². The number of allylic oxidation sites excluding steroid dienone is 1. The second-order valence-corrected chi connectivity index (χ2v) is 20.6. The number of alkyl carbamates (subject to hydrolysis) is 1. The number of aliphatic hydroxyl groups is 1. The summed E-state index contributed by atoms with van der Waals surface area (Å²) in [5.41, 5.74) is 5.57. The van der Waals surface area contributed by atoms with E-state index in [0.717, 1.165) is 14.8 Å². The predicted octanol–water partition coefficient (Wildman–Crippen LogP) is 2.89. The number of esters is 2. The molecule has 1 rings (SSSR count). The van der Waals surface area contributed by atoms with E-state index in [2.05, 4.69) is 20.4 Å². The van der Waals surface area contributed by atoms with Crippen LogP contribution in [-0.4, -0.2) is 146 Å². The van der Waals surface area contributed by atoms with Gasteiger partial charge in [0.1, 0.15) is 31.4 Å². The molecule has 54 heavy (non-hydrogen) atoms. The van der Waals surface area contributed by atoms with Crippen molar-refractivity contribution in [2.75, 3.05) is 40.4 Å². The van der Waals surface area contributed by atoms with Crippen LogP contribution < -0.4 is 5.32 Å². The van der Waals surface area contributed by atoms with Crippen molar-refractivity contribution in [1.82, 2.24) is 20.1 Å². The first-order valence-electron chi connectivity index (χ1n) is 17.4. The summed E-state index contributed by atoms with van der Waals surface area (Å²) >= 11 is 0. The van der Waals surface area contributed by atoms with Crippen LogP contribution in [0.25, 0.3) is 10.4 Å². The van der Waals surface area contributed by atoms with Gasteiger partial charge in [-0.15, -0.1) is 0 Å². The summed E-state index contributed by atoms with van der Waals surface area (Å²) in [5.74, 6) is -4.43. The Hall–Kier alpha value is -4.52. The lowest BCUT2D eigenvalue weighted by Crippen LogP contribution is -2.61. The van der Waals surface area contributed by atoms with Crippen molar-refractivity contribution < 1.29 is 52.5 Å². The highest BCUT2D eigenvalue weighted by molar-refractivity contribution is 6.74. The number of carbonyl (C=O) groups excluding carboxylic acids is 6. The Labute approximate surface area is 318 Å². The van der Waals surface area contributed by atoms with E-state index in [4.69, 9.17) is 24.2 Å². The van der Waals surface area contributed by atoms with Crippen LogP contribution in [0.2, 0.25) is 18.1 Å². The summed E-state index contributed by atoms with van der Waals surface area (Å²) in [6.45, 7) is 17.0. The molecule has 0 spiro atoms. The van der Waals surface area contributed by atoms with Crippen molar-refractivity contribution in [3.63, 3.8) is 0 Å². The first-order chi connectivity index (χ1) is 24.7. The van der Waals surface area contributed by atoms with Gasteiger partial charge in [0.2, 0.25) is 11.8 Å². The van der Waals surface area contributed by atoms with Gasteiger partial charge in [0, 0.05) is 31.6 Å². The van der Waals surface area contributed by atoms with Crippen molar-refractivity contribution in [3.8, 4) is 0 Å². The van der Waals surface area contributed by atoms with Gasteiger partial charge in [-0.05, 0) is 65.2 Å². The topological polar surface area (TPSA) is 242 Å². The molecule has 0 bridgehead atoms. The number of hydrogen-bond acceptors (Lipinski definition) is 13. The van der Waals surface area contributed by atoms with Gasteiger partial charge in [0.15, 0.2) is 20.4 Å². The Bertz CT molecular complexity index is 1480. The van der Waals surface area contributed by atoms with Gasteiger partial charge in [-0.3, -0.25) is 14.4 Å². The van der Waals surface area contributed by atoms with Gasteiger partial charge in [-0.25, -0.2) is 19.4 Å². The molecule has 4 atom stereocenters. The van der Waals surface area contributed by atoms with Gasteiger partial charge >= 0.3 is 18.0 Å². The summed E-state index contributed by atoms with van der Waals surface area (Å²) in [6.07, 6.45) is 2.92. The molecule has 0 unspecified atom stereocenters. The molecule has 0 radical (unpaired) electrons. The van der Waals surface area contributed by atoms with Crippen molar-refractivity contribution >= 4 is 50.3 Å². The molecule has 304 valence electrons. The number of nitrogens with one attached hydrogen (secondary N) is 1. The Morgan fingerprint density at radius 3 is 2.20 bits per heavy atom. The van der Waals surface area contributed by atoms with Crippen LogP contribution >= 0.6 is 0 Å². The third-order valence-corrected chi connectivity index (χ3v) is 13.1. The summed E-state index contributed by atoms with van der Waals surface area (Å²) < 4.78 is 22.9. The molecule has 0 saturated carbocycles. The van der Waals surface area contributed by atoms with E-state index in [1.54, 1.807) is 39.8 Å². The minimum absolute atomic E-state index is 0.0933. The standard InChI is InChI=1S/C34H58N8O11Si/c1-14-15-18-50-29(46)26-23(53-54(12,13)33(5,6)7)16-17-37-42(26)28(45)22(38-31(48)52-32(2,3)4)21-51-30(47)27(34(8,9)49)41(11)25(44)20-40(10)24(43)19-36-39-35/h14-15,17,22-23,26-27,49H,16,18-21H2,1-13H3,(H,38,48)/b15-14+/t22-,23+,26+,27-/m1/s1. The quantitative estimate of drug-likeness (QED) is 0.0439. The van der Waals surface area contributed by atoms with Gasteiger partial charge in [-0.1, -0.05) is 38.0 Å². The van der Waals surface area contributed by atoms with Gasteiger partial charge in [-0.2, -0.15) is 5.10 Å². The van der Waals surface area contributed by atoms with Crippen LogP contribution in [0.1, 0.15) is 68.7 Å². The van der Waals surface area contributed by atoms with E-state index < -0.39 is 99.2 Å². The smallest absolute Gasteiger partial charge is 0.408 e. The Kier molecular flexibility index (Phi) is 17.3. The summed E-state index contributed by atoms with van der Waals surface area (Å²) in [7, 11) is -0.0573. The first kappa shape index (κ1) is 47.5. The highest BCUT2D eigenvalue weighted by Gasteiger charge is 2.48. The second kappa shape index (κ2) is 19.7. The third-order valence-electron chi connectivity index (χ3n) is 8.56. The zero-order valence-corrected chi connectivity index (χ0v) is 34.7. The van der Waals surface area contributed by atoms with E-state index in [1.165, 1.54) is 34.2 Å². The maximum absolute atomic E-state index is 14.3. The lowest BCUT2D eigenvalue weighted by atomic mass is 9.97.